The molecule has 25 heavy (non-hydrogen) atoms. The molecular formula is C20H31N3O2. The fourth-order valence-electron chi connectivity index (χ4n) is 7.04. The maximum absolute atomic E-state index is 13.6. The monoisotopic (exact) mass is 345 g/mol. The minimum absolute atomic E-state index is 0.110. The van der Waals surface area contributed by atoms with Crippen LogP contribution in [0.25, 0.3) is 0 Å². The van der Waals surface area contributed by atoms with E-state index in [1.54, 1.807) is 0 Å². The predicted molar refractivity (Wildman–Crippen MR) is 94.8 cm³/mol. The third-order valence-corrected chi connectivity index (χ3v) is 7.72. The van der Waals surface area contributed by atoms with Crippen LogP contribution in [-0.4, -0.2) is 60.4 Å². The first-order valence-electron chi connectivity index (χ1n) is 10.5. The van der Waals surface area contributed by atoms with Gasteiger partial charge in [0, 0.05) is 32.7 Å². The molecule has 4 saturated carbocycles. The predicted octanol–water partition coefficient (Wildman–Crippen LogP) is 1.63. The third-order valence-electron chi connectivity index (χ3n) is 7.72. The van der Waals surface area contributed by atoms with E-state index in [9.17, 15) is 9.59 Å². The van der Waals surface area contributed by atoms with Gasteiger partial charge in [0.15, 0.2) is 0 Å². The van der Waals surface area contributed by atoms with Gasteiger partial charge >= 0.3 is 0 Å². The number of nitrogens with one attached hydrogen (secondary N) is 1. The smallest absolute Gasteiger partial charge is 0.245 e. The molecule has 5 nitrogen and oxygen atoms in total. The Bertz CT molecular complexity index is 534. The van der Waals surface area contributed by atoms with E-state index in [0.29, 0.717) is 5.91 Å². The molecule has 0 spiro atoms. The largest absolute Gasteiger partial charge is 0.338 e. The van der Waals surface area contributed by atoms with Gasteiger partial charge in [-0.15, -0.1) is 0 Å². The zero-order valence-electron chi connectivity index (χ0n) is 15.2. The summed E-state index contributed by atoms with van der Waals surface area (Å²) in [5, 5.41) is 3.31. The van der Waals surface area contributed by atoms with Crippen molar-refractivity contribution in [1.82, 2.24) is 15.1 Å². The van der Waals surface area contributed by atoms with Gasteiger partial charge in [0.05, 0.1) is 5.41 Å². The molecule has 5 heteroatoms. The minimum atomic E-state index is -0.182. The lowest BCUT2D eigenvalue weighted by Crippen LogP contribution is -2.58. The van der Waals surface area contributed by atoms with Gasteiger partial charge in [-0.05, 0) is 69.1 Å². The van der Waals surface area contributed by atoms with Crippen molar-refractivity contribution >= 4 is 11.8 Å². The Kier molecular flexibility index (Phi) is 3.84. The summed E-state index contributed by atoms with van der Waals surface area (Å²) in [6.45, 7) is 4.12. The quantitative estimate of drug-likeness (QED) is 0.828. The van der Waals surface area contributed by atoms with E-state index < -0.39 is 0 Å². The van der Waals surface area contributed by atoms with Crippen LogP contribution in [0, 0.1) is 23.2 Å². The first-order valence-corrected chi connectivity index (χ1v) is 10.5. The fourth-order valence-corrected chi connectivity index (χ4v) is 7.04. The average Bonchev–Trinajstić information content (AvgIpc) is 3.09. The zero-order valence-corrected chi connectivity index (χ0v) is 15.2. The lowest BCUT2D eigenvalue weighted by atomic mass is 9.49. The summed E-state index contributed by atoms with van der Waals surface area (Å²) in [7, 11) is 0. The highest BCUT2D eigenvalue weighted by Gasteiger charge is 2.57. The van der Waals surface area contributed by atoms with Gasteiger partial charge in [-0.25, -0.2) is 0 Å². The molecule has 0 radical (unpaired) electrons. The van der Waals surface area contributed by atoms with Gasteiger partial charge in [0.2, 0.25) is 11.8 Å². The maximum Gasteiger partial charge on any atom is 0.245 e. The molecule has 2 heterocycles. The second-order valence-corrected chi connectivity index (χ2v) is 9.43. The lowest BCUT2D eigenvalue weighted by molar-refractivity contribution is -0.162. The Morgan fingerprint density at radius 3 is 2.08 bits per heavy atom. The Balaban J connectivity index is 1.35. The summed E-state index contributed by atoms with van der Waals surface area (Å²) in [5.74, 6) is 2.88. The molecule has 0 aromatic rings. The number of amides is 2. The van der Waals surface area contributed by atoms with Crippen molar-refractivity contribution in [3.05, 3.63) is 0 Å². The molecule has 2 saturated heterocycles. The van der Waals surface area contributed by atoms with Crippen LogP contribution in [0.3, 0.4) is 0 Å². The molecule has 6 fully saturated rings. The normalized spacial score (nSPS) is 42.9. The maximum atomic E-state index is 13.6. The summed E-state index contributed by atoms with van der Waals surface area (Å²) in [5.41, 5.74) is -0.110. The highest BCUT2D eigenvalue weighted by molar-refractivity contribution is 5.91. The van der Waals surface area contributed by atoms with E-state index in [2.05, 4.69) is 5.32 Å². The molecule has 0 aromatic carbocycles. The van der Waals surface area contributed by atoms with Gasteiger partial charge in [0.25, 0.3) is 0 Å². The second kappa shape index (κ2) is 5.97. The zero-order chi connectivity index (χ0) is 17.0. The minimum Gasteiger partial charge on any atom is -0.338 e. The standard InChI is InChI=1S/C20H31N3O2/c24-18(22-6-3-21-4-7-22)17-2-1-5-23(17)19(25)20-11-14-8-15(12-20)10-16(9-14)13-20/h14-17,21H,1-13H2. The van der Waals surface area contributed by atoms with Crippen LogP contribution in [0.4, 0.5) is 0 Å². The third kappa shape index (κ3) is 2.61. The van der Waals surface area contributed by atoms with Crippen LogP contribution < -0.4 is 5.32 Å². The van der Waals surface area contributed by atoms with E-state index in [1.165, 1.54) is 19.3 Å². The van der Waals surface area contributed by atoms with Crippen molar-refractivity contribution in [1.29, 1.82) is 0 Å². The molecule has 1 atom stereocenters. The SMILES string of the molecule is O=C(C1CCCN1C(=O)C12CC3CC(CC(C3)C1)C2)N1CCNCC1. The second-order valence-electron chi connectivity index (χ2n) is 9.43. The fraction of sp³-hybridized carbons (Fsp3) is 0.900. The van der Waals surface area contributed by atoms with E-state index >= 15 is 0 Å². The molecule has 1 unspecified atom stereocenters. The summed E-state index contributed by atoms with van der Waals surface area (Å²) in [4.78, 5) is 30.7. The number of piperazine rings is 1. The Hall–Kier alpha value is -1.10. The summed E-state index contributed by atoms with van der Waals surface area (Å²) < 4.78 is 0. The molecule has 1 N–H and O–H groups in total. The van der Waals surface area contributed by atoms with Crippen LogP contribution in [0.15, 0.2) is 0 Å². The van der Waals surface area contributed by atoms with E-state index in [-0.39, 0.29) is 17.4 Å². The number of hydrogen-bond donors (Lipinski definition) is 1. The average molecular weight is 345 g/mol. The van der Waals surface area contributed by atoms with Gasteiger partial charge in [-0.2, -0.15) is 0 Å². The molecule has 4 aliphatic carbocycles. The molecule has 0 aromatic heterocycles. The van der Waals surface area contributed by atoms with Crippen molar-refractivity contribution in [3.63, 3.8) is 0 Å². The first kappa shape index (κ1) is 16.1. The van der Waals surface area contributed by atoms with Crippen molar-refractivity contribution in [2.45, 2.75) is 57.4 Å². The van der Waals surface area contributed by atoms with Crippen molar-refractivity contribution in [2.75, 3.05) is 32.7 Å². The van der Waals surface area contributed by atoms with Crippen LogP contribution in [-0.2, 0) is 9.59 Å². The van der Waals surface area contributed by atoms with Gasteiger partial charge < -0.3 is 15.1 Å². The van der Waals surface area contributed by atoms with Crippen LogP contribution in [0.5, 0.6) is 0 Å². The van der Waals surface area contributed by atoms with Gasteiger partial charge in [0.1, 0.15) is 6.04 Å². The van der Waals surface area contributed by atoms with E-state index in [0.717, 1.165) is 82.6 Å². The number of carbonyl (C=O) groups excluding carboxylic acids is 2. The molecule has 6 aliphatic rings. The molecule has 2 aliphatic heterocycles. The molecule has 138 valence electrons. The highest BCUT2D eigenvalue weighted by atomic mass is 16.2. The molecule has 6 rings (SSSR count). The molecular weight excluding hydrogens is 314 g/mol. The Morgan fingerprint density at radius 2 is 1.48 bits per heavy atom. The first-order chi connectivity index (χ1) is 12.1. The van der Waals surface area contributed by atoms with Gasteiger partial charge in [-0.1, -0.05) is 0 Å². The van der Waals surface area contributed by atoms with E-state index in [4.69, 9.17) is 0 Å². The topological polar surface area (TPSA) is 52.7 Å². The Morgan fingerprint density at radius 1 is 0.880 bits per heavy atom. The Labute approximate surface area is 150 Å². The van der Waals surface area contributed by atoms with Crippen molar-refractivity contribution in [2.24, 2.45) is 23.2 Å². The molecule has 2 amide bonds. The number of nitrogens with zero attached hydrogens (tertiary/aromatic N) is 2. The van der Waals surface area contributed by atoms with Crippen molar-refractivity contribution in [3.8, 4) is 0 Å². The van der Waals surface area contributed by atoms with Gasteiger partial charge in [-0.3, -0.25) is 9.59 Å². The van der Waals surface area contributed by atoms with Crippen LogP contribution >= 0.6 is 0 Å². The number of likely N-dealkylation sites (tertiary alicyclic amines) is 1. The van der Waals surface area contributed by atoms with Crippen LogP contribution in [0.1, 0.15) is 51.4 Å². The molecule has 4 bridgehead atoms. The van der Waals surface area contributed by atoms with Crippen LogP contribution in [0.2, 0.25) is 0 Å². The lowest BCUT2D eigenvalue weighted by Gasteiger charge is -2.56. The van der Waals surface area contributed by atoms with Crippen molar-refractivity contribution < 1.29 is 9.59 Å². The number of carbonyl (C=O) groups is 2. The summed E-state index contributed by atoms with van der Waals surface area (Å²) in [6, 6.07) is -0.182. The highest BCUT2D eigenvalue weighted by Crippen LogP contribution is 2.60. The number of hydrogen-bond acceptors (Lipinski definition) is 3. The summed E-state index contributed by atoms with van der Waals surface area (Å²) >= 11 is 0. The number of rotatable bonds is 2. The van der Waals surface area contributed by atoms with E-state index in [1.807, 2.05) is 9.80 Å². The summed E-state index contributed by atoms with van der Waals surface area (Å²) in [6.07, 6.45) is 9.22.